The SMILES string of the molecule is OB(O)c1ccc(CCCBr)cc1. The molecule has 0 aliphatic rings. The third-order valence-corrected chi connectivity index (χ3v) is 2.44. The van der Waals surface area contributed by atoms with Crippen molar-refractivity contribution >= 4 is 28.5 Å². The van der Waals surface area contributed by atoms with Gasteiger partial charge < -0.3 is 10.0 Å². The molecular formula is C9H12BBrO2. The van der Waals surface area contributed by atoms with Crippen LogP contribution in [0.5, 0.6) is 0 Å². The predicted octanol–water partition coefficient (Wildman–Crippen LogP) is 0.694. The lowest BCUT2D eigenvalue weighted by atomic mass is 9.80. The van der Waals surface area contributed by atoms with Gasteiger partial charge in [-0.25, -0.2) is 0 Å². The highest BCUT2D eigenvalue weighted by Crippen LogP contribution is 2.02. The normalized spacial score (nSPS) is 10.1. The first-order valence-electron chi connectivity index (χ1n) is 4.25. The standard InChI is InChI=1S/C9H12BBrO2/c11-7-1-2-8-3-5-9(6-4-8)10(12)13/h3-6,12-13H,1-2,7H2. The van der Waals surface area contributed by atoms with Gasteiger partial charge in [0.05, 0.1) is 0 Å². The van der Waals surface area contributed by atoms with E-state index in [9.17, 15) is 0 Å². The van der Waals surface area contributed by atoms with Crippen LogP contribution < -0.4 is 5.46 Å². The Hall–Kier alpha value is -0.315. The number of benzene rings is 1. The molecule has 0 saturated heterocycles. The summed E-state index contributed by atoms with van der Waals surface area (Å²) in [6.07, 6.45) is 2.12. The minimum atomic E-state index is -1.36. The number of rotatable bonds is 4. The maximum absolute atomic E-state index is 8.84. The second kappa shape index (κ2) is 5.42. The van der Waals surface area contributed by atoms with Crippen LogP contribution in [0.4, 0.5) is 0 Å². The molecule has 0 atom stereocenters. The van der Waals surface area contributed by atoms with Gasteiger partial charge in [0, 0.05) is 5.33 Å². The quantitative estimate of drug-likeness (QED) is 0.603. The Morgan fingerprint density at radius 2 is 1.77 bits per heavy atom. The molecule has 2 N–H and O–H groups in total. The van der Waals surface area contributed by atoms with E-state index in [1.807, 2.05) is 12.1 Å². The van der Waals surface area contributed by atoms with E-state index in [0.29, 0.717) is 5.46 Å². The zero-order valence-corrected chi connectivity index (χ0v) is 8.87. The summed E-state index contributed by atoms with van der Waals surface area (Å²) in [5.41, 5.74) is 1.77. The number of halogens is 1. The van der Waals surface area contributed by atoms with Crippen molar-refractivity contribution in [2.45, 2.75) is 12.8 Å². The second-order valence-corrected chi connectivity index (χ2v) is 3.70. The molecule has 1 rings (SSSR count). The van der Waals surface area contributed by atoms with E-state index in [0.717, 1.165) is 18.2 Å². The average molecular weight is 243 g/mol. The summed E-state index contributed by atoms with van der Waals surface area (Å²) in [7, 11) is -1.36. The van der Waals surface area contributed by atoms with E-state index in [1.54, 1.807) is 12.1 Å². The maximum Gasteiger partial charge on any atom is 0.488 e. The van der Waals surface area contributed by atoms with E-state index < -0.39 is 7.12 Å². The van der Waals surface area contributed by atoms with Gasteiger partial charge in [-0.2, -0.15) is 0 Å². The molecule has 0 heterocycles. The molecule has 0 amide bonds. The molecule has 4 heteroatoms. The van der Waals surface area contributed by atoms with E-state index in [1.165, 1.54) is 5.56 Å². The molecule has 70 valence electrons. The maximum atomic E-state index is 8.84. The number of hydrogen-bond donors (Lipinski definition) is 2. The van der Waals surface area contributed by atoms with Crippen LogP contribution in [0.15, 0.2) is 24.3 Å². The van der Waals surface area contributed by atoms with Gasteiger partial charge in [0.1, 0.15) is 0 Å². The molecule has 0 aliphatic carbocycles. The lowest BCUT2D eigenvalue weighted by molar-refractivity contribution is 0.426. The number of hydrogen-bond acceptors (Lipinski definition) is 2. The fourth-order valence-corrected chi connectivity index (χ4v) is 1.41. The van der Waals surface area contributed by atoms with Crippen LogP contribution in [0.3, 0.4) is 0 Å². The van der Waals surface area contributed by atoms with Crippen molar-refractivity contribution in [2.75, 3.05) is 5.33 Å². The van der Waals surface area contributed by atoms with Crippen molar-refractivity contribution in [1.29, 1.82) is 0 Å². The summed E-state index contributed by atoms with van der Waals surface area (Å²) in [6, 6.07) is 7.34. The summed E-state index contributed by atoms with van der Waals surface area (Å²) in [6.45, 7) is 0. The van der Waals surface area contributed by atoms with Gasteiger partial charge in [0.15, 0.2) is 0 Å². The molecule has 0 saturated carbocycles. The summed E-state index contributed by atoms with van der Waals surface area (Å²) in [4.78, 5) is 0. The van der Waals surface area contributed by atoms with Gasteiger partial charge in [-0.1, -0.05) is 40.2 Å². The summed E-state index contributed by atoms with van der Waals surface area (Å²) in [5.74, 6) is 0. The predicted molar refractivity (Wildman–Crippen MR) is 58.4 cm³/mol. The lowest BCUT2D eigenvalue weighted by Gasteiger charge is -2.01. The van der Waals surface area contributed by atoms with E-state index >= 15 is 0 Å². The Balaban J connectivity index is 2.59. The molecule has 0 radical (unpaired) electrons. The van der Waals surface area contributed by atoms with Crippen LogP contribution in [-0.2, 0) is 6.42 Å². The summed E-state index contributed by atoms with van der Waals surface area (Å²) in [5, 5.41) is 18.7. The van der Waals surface area contributed by atoms with Crippen molar-refractivity contribution in [3.8, 4) is 0 Å². The minimum Gasteiger partial charge on any atom is -0.423 e. The first-order valence-corrected chi connectivity index (χ1v) is 5.37. The van der Waals surface area contributed by atoms with Gasteiger partial charge in [-0.15, -0.1) is 0 Å². The summed E-state index contributed by atoms with van der Waals surface area (Å²) >= 11 is 3.36. The molecule has 1 aromatic carbocycles. The molecule has 0 spiro atoms. The highest BCUT2D eigenvalue weighted by Gasteiger charge is 2.09. The topological polar surface area (TPSA) is 40.5 Å². The molecule has 0 aromatic heterocycles. The van der Waals surface area contributed by atoms with Crippen molar-refractivity contribution in [3.05, 3.63) is 29.8 Å². The third-order valence-electron chi connectivity index (χ3n) is 1.88. The molecule has 0 aliphatic heterocycles. The Morgan fingerprint density at radius 3 is 2.23 bits per heavy atom. The first kappa shape index (κ1) is 10.8. The Labute approximate surface area is 86.9 Å². The molecule has 1 aromatic rings. The highest BCUT2D eigenvalue weighted by molar-refractivity contribution is 9.09. The second-order valence-electron chi connectivity index (χ2n) is 2.91. The van der Waals surface area contributed by atoms with E-state index in [4.69, 9.17) is 10.0 Å². The molecule has 0 fully saturated rings. The monoisotopic (exact) mass is 242 g/mol. The average Bonchev–Trinajstić information content (AvgIpc) is 2.15. The van der Waals surface area contributed by atoms with Crippen molar-refractivity contribution < 1.29 is 10.0 Å². The van der Waals surface area contributed by atoms with Gasteiger partial charge >= 0.3 is 7.12 Å². The molecule has 0 unspecified atom stereocenters. The van der Waals surface area contributed by atoms with Crippen molar-refractivity contribution in [2.24, 2.45) is 0 Å². The van der Waals surface area contributed by atoms with Crippen molar-refractivity contribution in [3.63, 3.8) is 0 Å². The van der Waals surface area contributed by atoms with Crippen LogP contribution >= 0.6 is 15.9 Å². The van der Waals surface area contributed by atoms with Crippen molar-refractivity contribution in [1.82, 2.24) is 0 Å². The number of aryl methyl sites for hydroxylation is 1. The van der Waals surface area contributed by atoms with Gasteiger partial charge in [0.2, 0.25) is 0 Å². The van der Waals surface area contributed by atoms with Crippen LogP contribution in [0.1, 0.15) is 12.0 Å². The van der Waals surface area contributed by atoms with Gasteiger partial charge in [-0.05, 0) is 23.9 Å². The minimum absolute atomic E-state index is 0.544. The first-order chi connectivity index (χ1) is 6.24. The fraction of sp³-hybridized carbons (Fsp3) is 0.333. The van der Waals surface area contributed by atoms with Gasteiger partial charge in [0.25, 0.3) is 0 Å². The third kappa shape index (κ3) is 3.50. The lowest BCUT2D eigenvalue weighted by Crippen LogP contribution is -2.29. The highest BCUT2D eigenvalue weighted by atomic mass is 79.9. The summed E-state index contributed by atoms with van der Waals surface area (Å²) < 4.78 is 0. The fourth-order valence-electron chi connectivity index (χ4n) is 1.13. The smallest absolute Gasteiger partial charge is 0.423 e. The molecule has 13 heavy (non-hydrogen) atoms. The zero-order valence-electron chi connectivity index (χ0n) is 7.28. The van der Waals surface area contributed by atoms with Crippen LogP contribution in [0, 0.1) is 0 Å². The largest absolute Gasteiger partial charge is 0.488 e. The van der Waals surface area contributed by atoms with Crippen LogP contribution in [-0.4, -0.2) is 22.5 Å². The van der Waals surface area contributed by atoms with Gasteiger partial charge in [-0.3, -0.25) is 0 Å². The van der Waals surface area contributed by atoms with Crippen LogP contribution in [0.25, 0.3) is 0 Å². The van der Waals surface area contributed by atoms with Crippen LogP contribution in [0.2, 0.25) is 0 Å². The Kier molecular flexibility index (Phi) is 4.49. The Morgan fingerprint density at radius 1 is 1.15 bits per heavy atom. The van der Waals surface area contributed by atoms with E-state index in [-0.39, 0.29) is 0 Å². The van der Waals surface area contributed by atoms with E-state index in [2.05, 4.69) is 15.9 Å². The molecule has 0 bridgehead atoms. The molecular weight excluding hydrogens is 231 g/mol. The molecule has 2 nitrogen and oxygen atoms in total. The zero-order chi connectivity index (χ0) is 9.68. The number of alkyl halides is 1. The Bertz CT molecular complexity index is 248.